The van der Waals surface area contributed by atoms with E-state index in [0.717, 1.165) is 23.6 Å². The molecule has 0 saturated carbocycles. The van der Waals surface area contributed by atoms with Gasteiger partial charge >= 0.3 is 0 Å². The summed E-state index contributed by atoms with van der Waals surface area (Å²) in [6.45, 7) is 8.77. The lowest BCUT2D eigenvalue weighted by Gasteiger charge is -2.08. The van der Waals surface area contributed by atoms with Gasteiger partial charge in [-0.15, -0.1) is 0 Å². The molecule has 0 amide bonds. The van der Waals surface area contributed by atoms with Gasteiger partial charge in [-0.05, 0) is 30.4 Å². The second-order valence-corrected chi connectivity index (χ2v) is 5.75. The van der Waals surface area contributed by atoms with Crippen molar-refractivity contribution in [3.05, 3.63) is 41.6 Å². The zero-order valence-electron chi connectivity index (χ0n) is 12.2. The van der Waals surface area contributed by atoms with E-state index in [1.807, 2.05) is 35.0 Å². The normalized spacial score (nSPS) is 11.5. The molecule has 2 rings (SSSR count). The summed E-state index contributed by atoms with van der Waals surface area (Å²) in [6, 6.07) is 10.1. The molecule has 0 aliphatic rings. The molecule has 1 heterocycles. The Kier molecular flexibility index (Phi) is 3.93. The number of nitrogens with two attached hydrogens (primary N) is 1. The van der Waals surface area contributed by atoms with Crippen molar-refractivity contribution in [1.82, 2.24) is 9.78 Å². The van der Waals surface area contributed by atoms with E-state index in [1.54, 1.807) is 0 Å². The summed E-state index contributed by atoms with van der Waals surface area (Å²) >= 11 is 0. The van der Waals surface area contributed by atoms with Crippen LogP contribution in [0.25, 0.3) is 5.69 Å². The molecule has 2 N–H and O–H groups in total. The molecule has 0 aliphatic heterocycles. The standard InChI is InChI=1S/C16H23N3/c1-11(2)10-14-15(12(3)4)16(17)19(18-14)13-8-6-5-7-9-13/h5-9,11-12H,10,17H2,1-4H3. The molecule has 0 fully saturated rings. The SMILES string of the molecule is CC(C)Cc1nn(-c2ccccc2)c(N)c1C(C)C. The van der Waals surface area contributed by atoms with E-state index >= 15 is 0 Å². The maximum atomic E-state index is 6.31. The van der Waals surface area contributed by atoms with Crippen molar-refractivity contribution in [1.29, 1.82) is 0 Å². The number of para-hydroxylation sites is 1. The molecule has 3 nitrogen and oxygen atoms in total. The Hall–Kier alpha value is -1.77. The van der Waals surface area contributed by atoms with Crippen LogP contribution in [0.5, 0.6) is 0 Å². The van der Waals surface area contributed by atoms with Crippen LogP contribution in [0.1, 0.15) is 44.9 Å². The number of anilines is 1. The summed E-state index contributed by atoms with van der Waals surface area (Å²) in [7, 11) is 0. The summed E-state index contributed by atoms with van der Waals surface area (Å²) in [5, 5.41) is 4.73. The first-order valence-corrected chi connectivity index (χ1v) is 6.93. The Labute approximate surface area is 115 Å². The molecule has 19 heavy (non-hydrogen) atoms. The third-order valence-corrected chi connectivity index (χ3v) is 3.22. The second-order valence-electron chi connectivity index (χ2n) is 5.75. The van der Waals surface area contributed by atoms with E-state index in [0.29, 0.717) is 11.8 Å². The molecule has 0 aliphatic carbocycles. The highest BCUT2D eigenvalue weighted by Crippen LogP contribution is 2.29. The van der Waals surface area contributed by atoms with E-state index in [9.17, 15) is 0 Å². The number of benzene rings is 1. The number of hydrogen-bond donors (Lipinski definition) is 1. The zero-order chi connectivity index (χ0) is 14.0. The molecule has 0 radical (unpaired) electrons. The molecule has 1 aromatic carbocycles. The van der Waals surface area contributed by atoms with E-state index in [1.165, 1.54) is 5.56 Å². The van der Waals surface area contributed by atoms with Gasteiger partial charge in [0, 0.05) is 5.56 Å². The maximum absolute atomic E-state index is 6.31. The minimum absolute atomic E-state index is 0.395. The fourth-order valence-corrected chi connectivity index (χ4v) is 2.42. The minimum atomic E-state index is 0.395. The van der Waals surface area contributed by atoms with Gasteiger partial charge in [0.25, 0.3) is 0 Å². The van der Waals surface area contributed by atoms with Crippen LogP contribution in [0, 0.1) is 5.92 Å². The van der Waals surface area contributed by atoms with Crippen molar-refractivity contribution in [2.75, 3.05) is 5.73 Å². The van der Waals surface area contributed by atoms with Gasteiger partial charge in [-0.2, -0.15) is 5.10 Å². The maximum Gasteiger partial charge on any atom is 0.130 e. The van der Waals surface area contributed by atoms with Crippen molar-refractivity contribution in [3.8, 4) is 5.69 Å². The summed E-state index contributed by atoms with van der Waals surface area (Å²) in [6.07, 6.45) is 0.970. The first-order chi connectivity index (χ1) is 9.00. The van der Waals surface area contributed by atoms with Gasteiger partial charge in [-0.3, -0.25) is 0 Å². The van der Waals surface area contributed by atoms with Crippen LogP contribution in [0.15, 0.2) is 30.3 Å². The van der Waals surface area contributed by atoms with Crippen LogP contribution >= 0.6 is 0 Å². The lowest BCUT2D eigenvalue weighted by Crippen LogP contribution is -2.03. The molecular formula is C16H23N3. The average Bonchev–Trinajstić information content (AvgIpc) is 2.66. The Bertz CT molecular complexity index is 539. The van der Waals surface area contributed by atoms with Crippen molar-refractivity contribution in [2.24, 2.45) is 5.92 Å². The minimum Gasteiger partial charge on any atom is -0.383 e. The molecule has 0 spiro atoms. The van der Waals surface area contributed by atoms with Crippen molar-refractivity contribution >= 4 is 5.82 Å². The predicted octanol–water partition coefficient (Wildman–Crippen LogP) is 3.78. The van der Waals surface area contributed by atoms with Gasteiger partial charge in [0.05, 0.1) is 11.4 Å². The number of hydrogen-bond acceptors (Lipinski definition) is 2. The number of nitrogens with zero attached hydrogens (tertiary/aromatic N) is 2. The second kappa shape index (κ2) is 5.47. The van der Waals surface area contributed by atoms with E-state index in [2.05, 4.69) is 27.7 Å². The fraction of sp³-hybridized carbons (Fsp3) is 0.438. The lowest BCUT2D eigenvalue weighted by molar-refractivity contribution is 0.621. The highest BCUT2D eigenvalue weighted by atomic mass is 15.3. The van der Waals surface area contributed by atoms with Gasteiger partial charge < -0.3 is 5.73 Å². The molecule has 0 bridgehead atoms. The van der Waals surface area contributed by atoms with Gasteiger partial charge in [0.1, 0.15) is 5.82 Å². The molecule has 2 aromatic rings. The third kappa shape index (κ3) is 2.80. The number of rotatable bonds is 4. The Morgan fingerprint density at radius 2 is 1.74 bits per heavy atom. The van der Waals surface area contributed by atoms with Crippen LogP contribution < -0.4 is 5.73 Å². The molecular weight excluding hydrogens is 234 g/mol. The quantitative estimate of drug-likeness (QED) is 0.906. The molecule has 3 heteroatoms. The van der Waals surface area contributed by atoms with Crippen LogP contribution in [0.4, 0.5) is 5.82 Å². The highest BCUT2D eigenvalue weighted by molar-refractivity contribution is 5.51. The first kappa shape index (κ1) is 13.7. The molecule has 0 atom stereocenters. The number of aromatic nitrogens is 2. The largest absolute Gasteiger partial charge is 0.383 e. The predicted molar refractivity (Wildman–Crippen MR) is 80.6 cm³/mol. The number of nitrogen functional groups attached to an aromatic ring is 1. The summed E-state index contributed by atoms with van der Waals surface area (Å²) < 4.78 is 1.87. The molecule has 0 saturated heterocycles. The molecule has 1 aromatic heterocycles. The monoisotopic (exact) mass is 257 g/mol. The first-order valence-electron chi connectivity index (χ1n) is 6.93. The van der Waals surface area contributed by atoms with Crippen molar-refractivity contribution < 1.29 is 0 Å². The van der Waals surface area contributed by atoms with Crippen LogP contribution in [-0.4, -0.2) is 9.78 Å². The van der Waals surface area contributed by atoms with Crippen LogP contribution in [-0.2, 0) is 6.42 Å². The topological polar surface area (TPSA) is 43.8 Å². The summed E-state index contributed by atoms with van der Waals surface area (Å²) in [5.74, 6) is 1.75. The summed E-state index contributed by atoms with van der Waals surface area (Å²) in [5.41, 5.74) is 9.66. The van der Waals surface area contributed by atoms with Crippen LogP contribution in [0.3, 0.4) is 0 Å². The lowest BCUT2D eigenvalue weighted by atomic mass is 9.97. The van der Waals surface area contributed by atoms with Crippen molar-refractivity contribution in [3.63, 3.8) is 0 Å². The molecule has 102 valence electrons. The van der Waals surface area contributed by atoms with Crippen molar-refractivity contribution in [2.45, 2.75) is 40.0 Å². The van der Waals surface area contributed by atoms with E-state index in [-0.39, 0.29) is 0 Å². The summed E-state index contributed by atoms with van der Waals surface area (Å²) in [4.78, 5) is 0. The highest BCUT2D eigenvalue weighted by Gasteiger charge is 2.19. The van der Waals surface area contributed by atoms with Crippen LogP contribution in [0.2, 0.25) is 0 Å². The van der Waals surface area contributed by atoms with Gasteiger partial charge in [-0.25, -0.2) is 4.68 Å². The molecule has 0 unspecified atom stereocenters. The zero-order valence-corrected chi connectivity index (χ0v) is 12.2. The van der Waals surface area contributed by atoms with E-state index in [4.69, 9.17) is 10.8 Å². The van der Waals surface area contributed by atoms with Gasteiger partial charge in [0.2, 0.25) is 0 Å². The Balaban J connectivity index is 2.52. The average molecular weight is 257 g/mol. The van der Waals surface area contributed by atoms with Gasteiger partial charge in [0.15, 0.2) is 0 Å². The third-order valence-electron chi connectivity index (χ3n) is 3.22. The smallest absolute Gasteiger partial charge is 0.130 e. The van der Waals surface area contributed by atoms with Gasteiger partial charge in [-0.1, -0.05) is 45.9 Å². The Morgan fingerprint density at radius 1 is 1.11 bits per heavy atom. The Morgan fingerprint density at radius 3 is 2.26 bits per heavy atom. The fourth-order valence-electron chi connectivity index (χ4n) is 2.42. The van der Waals surface area contributed by atoms with E-state index < -0.39 is 0 Å².